The first-order valence-corrected chi connectivity index (χ1v) is 9.86. The Morgan fingerprint density at radius 1 is 1.00 bits per heavy atom. The molecule has 4 rings (SSSR count). The van der Waals surface area contributed by atoms with Gasteiger partial charge in [0.25, 0.3) is 5.60 Å². The van der Waals surface area contributed by atoms with Gasteiger partial charge in [-0.25, -0.2) is 9.59 Å². The summed E-state index contributed by atoms with van der Waals surface area (Å²) in [6, 6.07) is 17.9. The third kappa shape index (κ3) is 3.38. The van der Waals surface area contributed by atoms with Crippen molar-refractivity contribution < 1.29 is 23.8 Å². The van der Waals surface area contributed by atoms with Gasteiger partial charge in [-0.05, 0) is 44.2 Å². The SMILES string of the molecule is COC(=O)[C@]1(Oc2ccccc2)[C@@H](OC(=O)c2ccccc2)C[C@H]2CC[C@@H]1N2C. The molecule has 29 heavy (non-hydrogen) atoms. The van der Waals surface area contributed by atoms with Gasteiger partial charge in [0.15, 0.2) is 6.10 Å². The average Bonchev–Trinajstić information content (AvgIpc) is 3.03. The molecule has 2 aromatic rings. The van der Waals surface area contributed by atoms with Gasteiger partial charge < -0.3 is 14.2 Å². The van der Waals surface area contributed by atoms with Gasteiger partial charge >= 0.3 is 11.9 Å². The lowest BCUT2D eigenvalue weighted by atomic mass is 9.82. The maximum absolute atomic E-state index is 13.2. The lowest BCUT2D eigenvalue weighted by Gasteiger charge is -2.48. The highest BCUT2D eigenvalue weighted by molar-refractivity contribution is 5.90. The number of benzene rings is 2. The number of ether oxygens (including phenoxy) is 3. The Hall–Kier alpha value is -2.86. The Kier molecular flexibility index (Phi) is 5.28. The number of rotatable bonds is 5. The van der Waals surface area contributed by atoms with Gasteiger partial charge in [0.1, 0.15) is 5.75 Å². The van der Waals surface area contributed by atoms with Crippen LogP contribution in [-0.4, -0.2) is 54.8 Å². The molecular weight excluding hydrogens is 370 g/mol. The van der Waals surface area contributed by atoms with Crippen LogP contribution in [0, 0.1) is 0 Å². The Morgan fingerprint density at radius 3 is 2.31 bits per heavy atom. The summed E-state index contributed by atoms with van der Waals surface area (Å²) in [4.78, 5) is 28.2. The van der Waals surface area contributed by atoms with Crippen molar-refractivity contribution in [2.45, 2.75) is 43.1 Å². The third-order valence-corrected chi connectivity index (χ3v) is 6.09. The molecular formula is C23H25NO5. The average molecular weight is 395 g/mol. The molecule has 0 amide bonds. The minimum atomic E-state index is -1.43. The molecule has 2 aliphatic heterocycles. The summed E-state index contributed by atoms with van der Waals surface area (Å²) in [5, 5.41) is 0. The van der Waals surface area contributed by atoms with Crippen molar-refractivity contribution in [1.82, 2.24) is 4.90 Å². The second-order valence-corrected chi connectivity index (χ2v) is 7.61. The van der Waals surface area contributed by atoms with Crippen LogP contribution in [-0.2, 0) is 14.3 Å². The molecule has 6 nitrogen and oxygen atoms in total. The zero-order chi connectivity index (χ0) is 20.4. The van der Waals surface area contributed by atoms with E-state index in [2.05, 4.69) is 4.90 Å². The van der Waals surface area contributed by atoms with E-state index in [4.69, 9.17) is 14.2 Å². The molecule has 0 N–H and O–H groups in total. The maximum Gasteiger partial charge on any atom is 0.355 e. The number of para-hydroxylation sites is 1. The quantitative estimate of drug-likeness (QED) is 0.725. The van der Waals surface area contributed by atoms with Crippen LogP contribution >= 0.6 is 0 Å². The monoisotopic (exact) mass is 395 g/mol. The Labute approximate surface area is 170 Å². The van der Waals surface area contributed by atoms with E-state index >= 15 is 0 Å². The van der Waals surface area contributed by atoms with Gasteiger partial charge in [-0.15, -0.1) is 0 Å². The molecule has 2 heterocycles. The fourth-order valence-corrected chi connectivity index (χ4v) is 4.64. The van der Waals surface area contributed by atoms with E-state index in [0.717, 1.165) is 12.8 Å². The van der Waals surface area contributed by atoms with E-state index in [1.54, 1.807) is 36.4 Å². The van der Waals surface area contributed by atoms with Gasteiger partial charge in [-0.2, -0.15) is 0 Å². The van der Waals surface area contributed by atoms with Crippen molar-refractivity contribution >= 4 is 11.9 Å². The highest BCUT2D eigenvalue weighted by Gasteiger charge is 2.65. The van der Waals surface area contributed by atoms with Gasteiger partial charge in [0, 0.05) is 12.5 Å². The Morgan fingerprint density at radius 2 is 1.66 bits per heavy atom. The van der Waals surface area contributed by atoms with Crippen LogP contribution in [0.15, 0.2) is 60.7 Å². The second-order valence-electron chi connectivity index (χ2n) is 7.61. The predicted molar refractivity (Wildman–Crippen MR) is 107 cm³/mol. The van der Waals surface area contributed by atoms with Crippen LogP contribution in [0.5, 0.6) is 5.75 Å². The van der Waals surface area contributed by atoms with E-state index in [1.807, 2.05) is 31.3 Å². The third-order valence-electron chi connectivity index (χ3n) is 6.09. The van der Waals surface area contributed by atoms with Crippen molar-refractivity contribution in [1.29, 1.82) is 0 Å². The molecule has 2 aliphatic rings. The largest absolute Gasteiger partial charge is 0.470 e. The van der Waals surface area contributed by atoms with Crippen molar-refractivity contribution in [3.8, 4) is 5.75 Å². The minimum Gasteiger partial charge on any atom is -0.470 e. The van der Waals surface area contributed by atoms with Crippen LogP contribution in [0.4, 0.5) is 0 Å². The Balaban J connectivity index is 1.74. The van der Waals surface area contributed by atoms with Crippen LogP contribution in [0.25, 0.3) is 0 Å². The Bertz CT molecular complexity index is 871. The van der Waals surface area contributed by atoms with Crippen LogP contribution < -0.4 is 4.74 Å². The smallest absolute Gasteiger partial charge is 0.355 e. The van der Waals surface area contributed by atoms with Crippen molar-refractivity contribution in [3.63, 3.8) is 0 Å². The van der Waals surface area contributed by atoms with Crippen molar-refractivity contribution in [2.75, 3.05) is 14.2 Å². The molecule has 0 aromatic heterocycles. The molecule has 152 valence electrons. The summed E-state index contributed by atoms with van der Waals surface area (Å²) >= 11 is 0. The number of carbonyl (C=O) groups is 2. The molecule has 0 saturated carbocycles. The first kappa shape index (κ1) is 19.5. The first-order chi connectivity index (χ1) is 14.1. The summed E-state index contributed by atoms with van der Waals surface area (Å²) in [6.45, 7) is 0. The number of hydrogen-bond acceptors (Lipinski definition) is 6. The number of hydrogen-bond donors (Lipinski definition) is 0. The minimum absolute atomic E-state index is 0.228. The number of esters is 2. The zero-order valence-electron chi connectivity index (χ0n) is 16.6. The number of fused-ring (bicyclic) bond motifs is 2. The van der Waals surface area contributed by atoms with E-state index in [9.17, 15) is 9.59 Å². The summed E-state index contributed by atoms with van der Waals surface area (Å²) < 4.78 is 17.5. The highest BCUT2D eigenvalue weighted by Crippen LogP contribution is 2.45. The topological polar surface area (TPSA) is 65.1 Å². The van der Waals surface area contributed by atoms with E-state index < -0.39 is 23.6 Å². The number of methoxy groups -OCH3 is 1. The summed E-state index contributed by atoms with van der Waals surface area (Å²) in [7, 11) is 3.33. The lowest BCUT2D eigenvalue weighted by Crippen LogP contribution is -2.70. The molecule has 0 unspecified atom stereocenters. The van der Waals surface area contributed by atoms with E-state index in [0.29, 0.717) is 17.7 Å². The summed E-state index contributed by atoms with van der Waals surface area (Å²) in [6.07, 6.45) is 1.43. The number of likely N-dealkylation sites (N-methyl/N-ethyl adjacent to an activating group) is 1. The predicted octanol–water partition coefficient (Wildman–Crippen LogP) is 3.07. The summed E-state index contributed by atoms with van der Waals surface area (Å²) in [5.41, 5.74) is -0.986. The van der Waals surface area contributed by atoms with Crippen molar-refractivity contribution in [3.05, 3.63) is 66.2 Å². The molecule has 6 heteroatoms. The van der Waals surface area contributed by atoms with Crippen molar-refractivity contribution in [2.24, 2.45) is 0 Å². The molecule has 2 fully saturated rings. The zero-order valence-corrected chi connectivity index (χ0v) is 16.6. The van der Waals surface area contributed by atoms with Crippen LogP contribution in [0.2, 0.25) is 0 Å². The molecule has 2 bridgehead atoms. The fourth-order valence-electron chi connectivity index (χ4n) is 4.64. The standard InChI is InChI=1S/C23H25NO5/c1-24-17-13-14-19(24)23(22(26)27-2,29-18-11-7-4-8-12-18)20(15-17)28-21(25)16-9-5-3-6-10-16/h3-12,17,19-20H,13-15H2,1-2H3/t17-,19+,20+,23-/m1/s1. The van der Waals surface area contributed by atoms with E-state index in [-0.39, 0.29) is 12.1 Å². The molecule has 0 aliphatic carbocycles. The van der Waals surface area contributed by atoms with Crippen LogP contribution in [0.3, 0.4) is 0 Å². The highest BCUT2D eigenvalue weighted by atomic mass is 16.6. The number of nitrogens with zero attached hydrogens (tertiary/aromatic N) is 1. The number of piperidine rings is 1. The van der Waals surface area contributed by atoms with Gasteiger partial charge in [-0.3, -0.25) is 4.90 Å². The van der Waals surface area contributed by atoms with Crippen LogP contribution in [0.1, 0.15) is 29.6 Å². The molecule has 0 spiro atoms. The molecule has 0 radical (unpaired) electrons. The van der Waals surface area contributed by atoms with Gasteiger partial charge in [0.05, 0.1) is 18.7 Å². The summed E-state index contributed by atoms with van der Waals surface area (Å²) in [5.74, 6) is -0.452. The number of carbonyl (C=O) groups excluding carboxylic acids is 2. The normalized spacial score (nSPS) is 28.6. The lowest BCUT2D eigenvalue weighted by molar-refractivity contribution is -0.188. The van der Waals surface area contributed by atoms with Gasteiger partial charge in [-0.1, -0.05) is 36.4 Å². The first-order valence-electron chi connectivity index (χ1n) is 9.86. The van der Waals surface area contributed by atoms with E-state index in [1.165, 1.54) is 7.11 Å². The maximum atomic E-state index is 13.2. The second kappa shape index (κ2) is 7.87. The molecule has 4 atom stereocenters. The molecule has 2 saturated heterocycles. The molecule has 2 aromatic carbocycles. The fraction of sp³-hybridized carbons (Fsp3) is 0.391. The van der Waals surface area contributed by atoms with Gasteiger partial charge in [0.2, 0.25) is 0 Å².